The first-order valence-electron chi connectivity index (χ1n) is 9.64. The molecule has 1 fully saturated rings. The summed E-state index contributed by atoms with van der Waals surface area (Å²) >= 11 is 0. The van der Waals surface area contributed by atoms with Gasteiger partial charge in [0.1, 0.15) is 0 Å². The lowest BCUT2D eigenvalue weighted by molar-refractivity contribution is 0.424. The molecule has 0 spiro atoms. The molecule has 27 heavy (non-hydrogen) atoms. The molecule has 1 saturated carbocycles. The summed E-state index contributed by atoms with van der Waals surface area (Å²) in [5, 5.41) is 0. The van der Waals surface area contributed by atoms with E-state index in [1.807, 2.05) is 0 Å². The molecule has 0 amide bonds. The summed E-state index contributed by atoms with van der Waals surface area (Å²) < 4.78 is 0. The Balaban J connectivity index is 1.83. The Kier molecular flexibility index (Phi) is 2.68. The molecule has 2 N–H and O–H groups in total. The quantitative estimate of drug-likeness (QED) is 0.620. The van der Waals surface area contributed by atoms with E-state index in [0.29, 0.717) is 0 Å². The van der Waals surface area contributed by atoms with E-state index in [0.717, 1.165) is 12.1 Å². The summed E-state index contributed by atoms with van der Waals surface area (Å²) in [6.45, 7) is 0. The van der Waals surface area contributed by atoms with Crippen LogP contribution in [0.2, 0.25) is 0 Å². The van der Waals surface area contributed by atoms with Crippen molar-refractivity contribution in [3.63, 3.8) is 0 Å². The van der Waals surface area contributed by atoms with Crippen molar-refractivity contribution in [1.29, 1.82) is 0 Å². The standard InChI is InChI=1S/C26H21N/c27-22-15-9-14-21-23(22)26(19-10-3-1-4-11-19,20-12-5-2-6-13-20)25-17-8-7-16-24(21,25)18-25/h1-17H,18,27H2. The van der Waals surface area contributed by atoms with E-state index in [2.05, 4.69) is 103 Å². The number of nitrogen functional groups attached to an aromatic ring is 1. The fraction of sp³-hybridized carbons (Fsp3) is 0.154. The van der Waals surface area contributed by atoms with Crippen molar-refractivity contribution in [3.8, 4) is 0 Å². The lowest BCUT2D eigenvalue weighted by atomic mass is 9.60. The molecule has 3 aliphatic carbocycles. The number of nitrogens with two attached hydrogens (primary N) is 1. The average molecular weight is 347 g/mol. The third-order valence-electron chi connectivity index (χ3n) is 7.14. The van der Waals surface area contributed by atoms with Crippen LogP contribution in [0.4, 0.5) is 5.69 Å². The molecule has 6 rings (SSSR count). The maximum absolute atomic E-state index is 6.70. The van der Waals surface area contributed by atoms with Crippen LogP contribution >= 0.6 is 0 Å². The van der Waals surface area contributed by atoms with Crippen LogP contribution < -0.4 is 5.73 Å². The molecule has 130 valence electrons. The Hall–Kier alpha value is -3.06. The van der Waals surface area contributed by atoms with Crippen LogP contribution in [-0.4, -0.2) is 0 Å². The summed E-state index contributed by atoms with van der Waals surface area (Å²) in [7, 11) is 0. The van der Waals surface area contributed by atoms with Crippen molar-refractivity contribution in [2.24, 2.45) is 5.41 Å². The van der Waals surface area contributed by atoms with Crippen molar-refractivity contribution in [3.05, 3.63) is 125 Å². The average Bonchev–Trinajstić information content (AvgIpc) is 3.37. The minimum atomic E-state index is -0.266. The minimum Gasteiger partial charge on any atom is -0.398 e. The molecule has 3 aliphatic rings. The highest BCUT2D eigenvalue weighted by Gasteiger charge is 2.81. The van der Waals surface area contributed by atoms with Crippen molar-refractivity contribution >= 4 is 5.69 Å². The SMILES string of the molecule is Nc1cccc2c1C(c1ccccc1)(c1ccccc1)C13C=CC=CC21C3. The van der Waals surface area contributed by atoms with Crippen molar-refractivity contribution in [2.75, 3.05) is 5.73 Å². The lowest BCUT2D eigenvalue weighted by Crippen LogP contribution is -2.38. The van der Waals surface area contributed by atoms with E-state index in [1.54, 1.807) is 0 Å². The molecule has 0 aromatic heterocycles. The number of fused-ring (bicyclic) bond motifs is 1. The Morgan fingerprint density at radius 1 is 0.667 bits per heavy atom. The number of benzene rings is 3. The number of allylic oxidation sites excluding steroid dienone is 4. The van der Waals surface area contributed by atoms with Crippen LogP contribution in [0.1, 0.15) is 28.7 Å². The van der Waals surface area contributed by atoms with Gasteiger partial charge in [-0.1, -0.05) is 97.1 Å². The molecule has 3 aromatic rings. The van der Waals surface area contributed by atoms with Gasteiger partial charge < -0.3 is 5.73 Å². The highest BCUT2D eigenvalue weighted by Crippen LogP contribution is 2.83. The number of rotatable bonds is 2. The smallest absolute Gasteiger partial charge is 0.0577 e. The Labute approximate surface area is 159 Å². The fourth-order valence-electron chi connectivity index (χ4n) is 6.20. The molecule has 0 heterocycles. The van der Waals surface area contributed by atoms with E-state index in [1.165, 1.54) is 22.3 Å². The van der Waals surface area contributed by atoms with Crippen LogP contribution in [0.15, 0.2) is 103 Å². The van der Waals surface area contributed by atoms with Crippen LogP contribution in [0, 0.1) is 5.41 Å². The maximum atomic E-state index is 6.70. The molecular weight excluding hydrogens is 326 g/mol. The molecule has 0 bridgehead atoms. The van der Waals surface area contributed by atoms with Gasteiger partial charge in [0.2, 0.25) is 0 Å². The highest BCUT2D eigenvalue weighted by molar-refractivity contribution is 5.78. The Bertz CT molecular complexity index is 1070. The van der Waals surface area contributed by atoms with Crippen molar-refractivity contribution in [1.82, 2.24) is 0 Å². The lowest BCUT2D eigenvalue weighted by Gasteiger charge is -2.41. The second-order valence-electron chi connectivity index (χ2n) is 8.09. The van der Waals surface area contributed by atoms with E-state index < -0.39 is 0 Å². The second-order valence-corrected chi connectivity index (χ2v) is 8.09. The van der Waals surface area contributed by atoms with Gasteiger partial charge in [-0.05, 0) is 34.7 Å². The predicted octanol–water partition coefficient (Wildman–Crippen LogP) is 5.37. The van der Waals surface area contributed by atoms with Crippen LogP contribution in [-0.2, 0) is 10.8 Å². The first kappa shape index (κ1) is 15.0. The first-order valence-corrected chi connectivity index (χ1v) is 9.64. The zero-order chi connectivity index (χ0) is 18.1. The number of anilines is 1. The van der Waals surface area contributed by atoms with Gasteiger partial charge in [0.05, 0.1) is 5.41 Å². The number of hydrogen-bond donors (Lipinski definition) is 1. The summed E-state index contributed by atoms with van der Waals surface area (Å²) in [6, 6.07) is 28.4. The normalized spacial score (nSPS) is 28.3. The van der Waals surface area contributed by atoms with Crippen LogP contribution in [0.3, 0.4) is 0 Å². The van der Waals surface area contributed by atoms with Crippen LogP contribution in [0.25, 0.3) is 0 Å². The van der Waals surface area contributed by atoms with Gasteiger partial charge in [-0.25, -0.2) is 0 Å². The molecule has 1 heteroatoms. The topological polar surface area (TPSA) is 26.0 Å². The van der Waals surface area contributed by atoms with E-state index in [-0.39, 0.29) is 16.2 Å². The van der Waals surface area contributed by atoms with Crippen molar-refractivity contribution in [2.45, 2.75) is 17.3 Å². The molecule has 3 aromatic carbocycles. The first-order chi connectivity index (χ1) is 13.3. The Morgan fingerprint density at radius 3 is 1.96 bits per heavy atom. The summed E-state index contributed by atoms with van der Waals surface area (Å²) in [5.41, 5.74) is 12.8. The molecule has 0 aliphatic heterocycles. The largest absolute Gasteiger partial charge is 0.398 e. The van der Waals surface area contributed by atoms with Gasteiger partial charge in [-0.15, -0.1) is 0 Å². The molecule has 0 radical (unpaired) electrons. The molecule has 2 atom stereocenters. The highest BCUT2D eigenvalue weighted by atomic mass is 14.8. The summed E-state index contributed by atoms with van der Waals surface area (Å²) in [5.74, 6) is 0. The zero-order valence-corrected chi connectivity index (χ0v) is 15.1. The third kappa shape index (κ3) is 1.50. The van der Waals surface area contributed by atoms with Gasteiger partial charge in [0.25, 0.3) is 0 Å². The second kappa shape index (κ2) is 4.80. The number of hydrogen-bond acceptors (Lipinski definition) is 1. The predicted molar refractivity (Wildman–Crippen MR) is 111 cm³/mol. The van der Waals surface area contributed by atoms with Crippen LogP contribution in [0.5, 0.6) is 0 Å². The minimum absolute atomic E-state index is 0.00919. The fourth-order valence-corrected chi connectivity index (χ4v) is 6.20. The Morgan fingerprint density at radius 2 is 1.30 bits per heavy atom. The maximum Gasteiger partial charge on any atom is 0.0577 e. The molecule has 1 nitrogen and oxygen atoms in total. The molecule has 2 unspecified atom stereocenters. The van der Waals surface area contributed by atoms with Gasteiger partial charge in [-0.3, -0.25) is 0 Å². The third-order valence-corrected chi connectivity index (χ3v) is 7.14. The summed E-state index contributed by atoms with van der Waals surface area (Å²) in [6.07, 6.45) is 10.4. The van der Waals surface area contributed by atoms with Gasteiger partial charge in [0, 0.05) is 16.5 Å². The van der Waals surface area contributed by atoms with Gasteiger partial charge >= 0.3 is 0 Å². The van der Waals surface area contributed by atoms with Gasteiger partial charge in [-0.2, -0.15) is 0 Å². The van der Waals surface area contributed by atoms with E-state index in [4.69, 9.17) is 5.73 Å². The van der Waals surface area contributed by atoms with E-state index >= 15 is 0 Å². The van der Waals surface area contributed by atoms with Gasteiger partial charge in [0.15, 0.2) is 0 Å². The van der Waals surface area contributed by atoms with Crippen molar-refractivity contribution < 1.29 is 0 Å². The zero-order valence-electron chi connectivity index (χ0n) is 15.1. The molecular formula is C26H21N. The monoisotopic (exact) mass is 347 g/mol. The summed E-state index contributed by atoms with van der Waals surface area (Å²) in [4.78, 5) is 0. The van der Waals surface area contributed by atoms with E-state index in [9.17, 15) is 0 Å². The molecule has 0 saturated heterocycles.